The quantitative estimate of drug-likeness (QED) is 0.508. The van der Waals surface area contributed by atoms with Gasteiger partial charge in [-0.1, -0.05) is 25.7 Å². The van der Waals surface area contributed by atoms with Gasteiger partial charge in [-0.3, -0.25) is 14.2 Å². The van der Waals surface area contributed by atoms with E-state index in [1.54, 1.807) is 0 Å². The van der Waals surface area contributed by atoms with Crippen LogP contribution in [0.5, 0.6) is 0 Å². The molecule has 1 aromatic carbocycles. The summed E-state index contributed by atoms with van der Waals surface area (Å²) in [5.41, 5.74) is -0.322. The van der Waals surface area contributed by atoms with Gasteiger partial charge in [0.2, 0.25) is 5.91 Å². The van der Waals surface area contributed by atoms with Crippen LogP contribution in [0.15, 0.2) is 27.8 Å². The van der Waals surface area contributed by atoms with E-state index in [4.69, 9.17) is 0 Å². The van der Waals surface area contributed by atoms with Gasteiger partial charge in [-0.15, -0.1) is 0 Å². The van der Waals surface area contributed by atoms with Crippen LogP contribution in [0.4, 0.5) is 0 Å². The predicted octanol–water partition coefficient (Wildman–Crippen LogP) is 2.49. The second kappa shape index (κ2) is 10.2. The molecule has 1 fully saturated rings. The van der Waals surface area contributed by atoms with Crippen molar-refractivity contribution in [3.05, 3.63) is 44.6 Å². The van der Waals surface area contributed by atoms with Crippen molar-refractivity contribution in [2.45, 2.75) is 70.4 Å². The number of esters is 1. The number of amides is 1. The number of hydrogen-bond acceptors (Lipinski definition) is 5. The van der Waals surface area contributed by atoms with Gasteiger partial charge in [0.1, 0.15) is 0 Å². The molecule has 30 heavy (non-hydrogen) atoms. The Morgan fingerprint density at radius 1 is 1.13 bits per heavy atom. The Bertz CT molecular complexity index is 1020. The molecular formula is C22H29N3O5. The molecule has 0 bridgehead atoms. The summed E-state index contributed by atoms with van der Waals surface area (Å²) < 4.78 is 5.83. The Morgan fingerprint density at radius 2 is 1.90 bits per heavy atom. The summed E-state index contributed by atoms with van der Waals surface area (Å²) in [5, 5.41) is 3.44. The van der Waals surface area contributed by atoms with Gasteiger partial charge in [-0.2, -0.15) is 0 Å². The SMILES string of the molecule is COC(=O)c1ccc2c(=O)n(CCCCCC(=O)NC3CCCCC3)c(=O)[nH]c2c1. The lowest BCUT2D eigenvalue weighted by molar-refractivity contribution is -0.122. The Morgan fingerprint density at radius 3 is 2.63 bits per heavy atom. The standard InChI is InChI=1S/C22H29N3O5/c1-30-21(28)15-11-12-17-18(14-15)24-22(29)25(20(17)27)13-7-3-6-10-19(26)23-16-8-4-2-5-9-16/h11-12,14,16H,2-10,13H2,1H3,(H,23,26)(H,24,29). The minimum atomic E-state index is -0.533. The van der Waals surface area contributed by atoms with Crippen molar-refractivity contribution >= 4 is 22.8 Å². The number of nitrogens with zero attached hydrogens (tertiary/aromatic N) is 1. The zero-order chi connectivity index (χ0) is 21.5. The largest absolute Gasteiger partial charge is 0.465 e. The molecular weight excluding hydrogens is 386 g/mol. The number of carbonyl (C=O) groups excluding carboxylic acids is 2. The number of rotatable bonds is 8. The molecule has 3 rings (SSSR count). The predicted molar refractivity (Wildman–Crippen MR) is 114 cm³/mol. The van der Waals surface area contributed by atoms with E-state index in [0.717, 1.165) is 25.7 Å². The van der Waals surface area contributed by atoms with Gasteiger partial charge < -0.3 is 15.0 Å². The van der Waals surface area contributed by atoms with E-state index >= 15 is 0 Å². The highest BCUT2D eigenvalue weighted by Gasteiger charge is 2.15. The number of ether oxygens (including phenoxy) is 1. The summed E-state index contributed by atoms with van der Waals surface area (Å²) in [7, 11) is 1.27. The highest BCUT2D eigenvalue weighted by atomic mass is 16.5. The first-order chi connectivity index (χ1) is 14.5. The minimum Gasteiger partial charge on any atom is -0.465 e. The zero-order valence-corrected chi connectivity index (χ0v) is 17.4. The molecule has 1 aliphatic rings. The summed E-state index contributed by atoms with van der Waals surface area (Å²) in [6, 6.07) is 4.79. The number of methoxy groups -OCH3 is 1. The van der Waals surface area contributed by atoms with E-state index in [1.165, 1.54) is 49.1 Å². The lowest BCUT2D eigenvalue weighted by Gasteiger charge is -2.22. The van der Waals surface area contributed by atoms with Crippen molar-refractivity contribution < 1.29 is 14.3 Å². The van der Waals surface area contributed by atoms with Crippen molar-refractivity contribution in [2.24, 2.45) is 0 Å². The molecule has 162 valence electrons. The van der Waals surface area contributed by atoms with Crippen molar-refractivity contribution in [3.63, 3.8) is 0 Å². The molecule has 1 aliphatic carbocycles. The lowest BCUT2D eigenvalue weighted by atomic mass is 9.95. The highest BCUT2D eigenvalue weighted by molar-refractivity contribution is 5.93. The van der Waals surface area contributed by atoms with Crippen LogP contribution >= 0.6 is 0 Å². The number of hydrogen-bond donors (Lipinski definition) is 2. The van der Waals surface area contributed by atoms with Crippen LogP contribution in [0.2, 0.25) is 0 Å². The average Bonchev–Trinajstić information content (AvgIpc) is 2.75. The van der Waals surface area contributed by atoms with Gasteiger partial charge in [0.15, 0.2) is 0 Å². The van der Waals surface area contributed by atoms with Gasteiger partial charge in [0, 0.05) is 19.0 Å². The molecule has 0 saturated heterocycles. The molecule has 1 saturated carbocycles. The topological polar surface area (TPSA) is 110 Å². The Kier molecular flexibility index (Phi) is 7.43. The normalized spacial score (nSPS) is 14.6. The third-order valence-corrected chi connectivity index (χ3v) is 5.66. The van der Waals surface area contributed by atoms with Gasteiger partial charge in [-0.05, 0) is 43.9 Å². The number of aromatic amines is 1. The van der Waals surface area contributed by atoms with Crippen LogP contribution in [-0.2, 0) is 16.1 Å². The summed E-state index contributed by atoms with van der Waals surface area (Å²) in [6.45, 7) is 0.285. The Balaban J connectivity index is 1.53. The number of fused-ring (bicyclic) bond motifs is 1. The maximum Gasteiger partial charge on any atom is 0.337 e. The van der Waals surface area contributed by atoms with Gasteiger partial charge >= 0.3 is 11.7 Å². The summed E-state index contributed by atoms with van der Waals surface area (Å²) >= 11 is 0. The summed E-state index contributed by atoms with van der Waals surface area (Å²) in [4.78, 5) is 51.3. The van der Waals surface area contributed by atoms with E-state index in [0.29, 0.717) is 29.8 Å². The first-order valence-corrected chi connectivity index (χ1v) is 10.6. The maximum absolute atomic E-state index is 12.7. The highest BCUT2D eigenvalue weighted by Crippen LogP contribution is 2.17. The number of aromatic nitrogens is 2. The molecule has 0 unspecified atom stereocenters. The summed E-state index contributed by atoms with van der Waals surface area (Å²) in [6.07, 6.45) is 8.34. The number of unbranched alkanes of at least 4 members (excludes halogenated alkanes) is 2. The van der Waals surface area contributed by atoms with Crippen LogP contribution in [0.3, 0.4) is 0 Å². The van der Waals surface area contributed by atoms with Gasteiger partial charge in [0.05, 0.1) is 23.6 Å². The van der Waals surface area contributed by atoms with Crippen LogP contribution in [0, 0.1) is 0 Å². The molecule has 2 aromatic rings. The molecule has 0 radical (unpaired) electrons. The van der Waals surface area contributed by atoms with Crippen molar-refractivity contribution in [1.82, 2.24) is 14.9 Å². The Hall–Kier alpha value is -2.90. The number of carbonyl (C=O) groups is 2. The molecule has 1 heterocycles. The third-order valence-electron chi connectivity index (χ3n) is 5.66. The van der Waals surface area contributed by atoms with Crippen LogP contribution in [0.25, 0.3) is 10.9 Å². The van der Waals surface area contributed by atoms with Crippen LogP contribution in [-0.4, -0.2) is 34.6 Å². The fraction of sp³-hybridized carbons (Fsp3) is 0.545. The van der Waals surface area contributed by atoms with E-state index in [1.807, 2.05) is 0 Å². The van der Waals surface area contributed by atoms with Crippen molar-refractivity contribution in [3.8, 4) is 0 Å². The summed E-state index contributed by atoms with van der Waals surface area (Å²) in [5.74, 6) is -0.446. The molecule has 8 nitrogen and oxygen atoms in total. The molecule has 8 heteroatoms. The first kappa shape index (κ1) is 21.8. The number of H-pyrrole nitrogens is 1. The van der Waals surface area contributed by atoms with Gasteiger partial charge in [-0.25, -0.2) is 9.59 Å². The fourth-order valence-corrected chi connectivity index (χ4v) is 3.98. The van der Waals surface area contributed by atoms with E-state index in [9.17, 15) is 19.2 Å². The van der Waals surface area contributed by atoms with Crippen LogP contribution < -0.4 is 16.6 Å². The van der Waals surface area contributed by atoms with E-state index in [-0.39, 0.29) is 23.6 Å². The fourth-order valence-electron chi connectivity index (χ4n) is 3.98. The average molecular weight is 415 g/mol. The lowest BCUT2D eigenvalue weighted by Crippen LogP contribution is -2.36. The second-order valence-corrected chi connectivity index (χ2v) is 7.85. The first-order valence-electron chi connectivity index (χ1n) is 10.6. The van der Waals surface area contributed by atoms with Crippen molar-refractivity contribution in [2.75, 3.05) is 7.11 Å². The number of benzene rings is 1. The Labute approximate surface area is 174 Å². The van der Waals surface area contributed by atoms with Gasteiger partial charge in [0.25, 0.3) is 5.56 Å². The van der Waals surface area contributed by atoms with E-state index < -0.39 is 11.7 Å². The van der Waals surface area contributed by atoms with E-state index in [2.05, 4.69) is 15.0 Å². The third kappa shape index (κ3) is 5.37. The molecule has 0 spiro atoms. The molecule has 2 N–H and O–H groups in total. The second-order valence-electron chi connectivity index (χ2n) is 7.85. The minimum absolute atomic E-state index is 0.0871. The molecule has 0 aliphatic heterocycles. The smallest absolute Gasteiger partial charge is 0.337 e. The monoisotopic (exact) mass is 415 g/mol. The number of nitrogens with one attached hydrogen (secondary N) is 2. The maximum atomic E-state index is 12.7. The molecule has 1 amide bonds. The molecule has 1 aromatic heterocycles. The van der Waals surface area contributed by atoms with Crippen LogP contribution in [0.1, 0.15) is 68.1 Å². The van der Waals surface area contributed by atoms with Crippen molar-refractivity contribution in [1.29, 1.82) is 0 Å². The molecule has 0 atom stereocenters. The zero-order valence-electron chi connectivity index (χ0n) is 17.4.